The van der Waals surface area contributed by atoms with Crippen molar-refractivity contribution in [3.05, 3.63) is 114 Å². The third-order valence-corrected chi connectivity index (χ3v) is 11.5. The van der Waals surface area contributed by atoms with Crippen molar-refractivity contribution in [2.75, 3.05) is 57.4 Å². The van der Waals surface area contributed by atoms with E-state index >= 15 is 0 Å². The number of imide groups is 2. The van der Waals surface area contributed by atoms with Gasteiger partial charge in [-0.05, 0) is 85.0 Å². The van der Waals surface area contributed by atoms with Gasteiger partial charge in [0.1, 0.15) is 24.1 Å². The average Bonchev–Trinajstić information content (AvgIpc) is 3.97. The molecule has 4 aliphatic rings. The summed E-state index contributed by atoms with van der Waals surface area (Å²) in [4.78, 5) is 59.8. The first kappa shape index (κ1) is 37.8. The quantitative estimate of drug-likeness (QED) is 0.0797. The highest BCUT2D eigenvalue weighted by Gasteiger charge is 2.44. The molecule has 0 radical (unpaired) electrons. The van der Waals surface area contributed by atoms with Gasteiger partial charge in [-0.3, -0.25) is 39.3 Å². The van der Waals surface area contributed by atoms with Crippen molar-refractivity contribution in [2.24, 2.45) is 5.16 Å². The highest BCUT2D eigenvalue weighted by Crippen LogP contribution is 2.35. The van der Waals surface area contributed by atoms with Crippen LogP contribution >= 0.6 is 0 Å². The Morgan fingerprint density at radius 2 is 1.51 bits per heavy atom. The van der Waals surface area contributed by atoms with Crippen LogP contribution in [0.3, 0.4) is 0 Å². The summed E-state index contributed by atoms with van der Waals surface area (Å²) in [6.45, 7) is 5.56. The first-order valence-electron chi connectivity index (χ1n) is 19.8. The van der Waals surface area contributed by atoms with Gasteiger partial charge in [-0.2, -0.15) is 5.10 Å². The molecule has 15 nitrogen and oxygen atoms in total. The maximum Gasteiger partial charge on any atom is 0.262 e. The molecule has 0 bridgehead atoms. The predicted octanol–water partition coefficient (Wildman–Crippen LogP) is 4.34. The molecule has 59 heavy (non-hydrogen) atoms. The summed E-state index contributed by atoms with van der Waals surface area (Å²) in [5.74, 6) is -1.75. The van der Waals surface area contributed by atoms with Gasteiger partial charge >= 0.3 is 0 Å². The van der Waals surface area contributed by atoms with Crippen LogP contribution < -0.4 is 15.0 Å². The van der Waals surface area contributed by atoms with Crippen LogP contribution in [0.4, 0.5) is 5.69 Å². The lowest BCUT2D eigenvalue weighted by atomic mass is 9.98. The summed E-state index contributed by atoms with van der Waals surface area (Å²) < 4.78 is 13.6. The average molecular weight is 795 g/mol. The Morgan fingerprint density at radius 1 is 0.746 bits per heavy atom. The van der Waals surface area contributed by atoms with E-state index in [-0.39, 0.29) is 30.6 Å². The van der Waals surface area contributed by atoms with Crippen LogP contribution in [0.25, 0.3) is 28.1 Å². The van der Waals surface area contributed by atoms with Crippen molar-refractivity contribution in [2.45, 2.75) is 31.7 Å². The number of piperazine rings is 1. The minimum atomic E-state index is -1.01. The molecular weight excluding hydrogens is 753 g/mol. The van der Waals surface area contributed by atoms with Crippen molar-refractivity contribution < 1.29 is 33.9 Å². The standard InChI is InChI=1S/C44H42N8O7/c53-40-12-11-39(42(54)46-40)52-43(55)35-9-7-33(26-36(35)44(52)56)59-24-23-58-22-21-49-17-19-50(20-18-49)31-3-5-32(6-4-31)51-27-37(41(47-51)28-13-15-45-16-14-28)30-1-8-34-29(25-30)2-10-38(34)48-57/h1,3-9,13-16,25-27,39,57H,2,10-12,17-24H2,(H,46,53,54). The van der Waals surface area contributed by atoms with Gasteiger partial charge in [0.15, 0.2) is 0 Å². The number of nitrogens with one attached hydrogen (secondary N) is 1. The molecule has 9 rings (SSSR count). The van der Waals surface area contributed by atoms with Gasteiger partial charge in [-0.15, -0.1) is 0 Å². The third-order valence-electron chi connectivity index (χ3n) is 11.5. The maximum atomic E-state index is 13.1. The zero-order chi connectivity index (χ0) is 40.5. The number of fused-ring (bicyclic) bond motifs is 2. The third kappa shape index (κ3) is 7.57. The molecule has 300 valence electrons. The van der Waals surface area contributed by atoms with E-state index < -0.39 is 29.7 Å². The Balaban J connectivity index is 0.746. The van der Waals surface area contributed by atoms with E-state index in [1.165, 1.54) is 17.7 Å². The van der Waals surface area contributed by atoms with Gasteiger partial charge in [0, 0.05) is 80.1 Å². The molecule has 4 amide bonds. The Kier molecular flexibility index (Phi) is 10.4. The van der Waals surface area contributed by atoms with Crippen molar-refractivity contribution in [1.29, 1.82) is 0 Å². The van der Waals surface area contributed by atoms with Gasteiger partial charge in [0.2, 0.25) is 11.8 Å². The minimum absolute atomic E-state index is 0.0676. The number of aromatic nitrogens is 3. The number of amides is 4. The van der Waals surface area contributed by atoms with Gasteiger partial charge in [-0.1, -0.05) is 23.4 Å². The largest absolute Gasteiger partial charge is 0.491 e. The number of carbonyl (C=O) groups is 4. The van der Waals surface area contributed by atoms with E-state index in [0.717, 1.165) is 95.5 Å². The number of nitrogens with zero attached hydrogens (tertiary/aromatic N) is 7. The van der Waals surface area contributed by atoms with Gasteiger partial charge in [0.05, 0.1) is 35.7 Å². The Hall–Kier alpha value is -6.71. The number of rotatable bonds is 12. The Labute approximate surface area is 339 Å². The number of ether oxygens (including phenoxy) is 2. The van der Waals surface area contributed by atoms with E-state index in [1.807, 2.05) is 22.9 Å². The monoisotopic (exact) mass is 794 g/mol. The number of benzene rings is 3. The van der Waals surface area contributed by atoms with Crippen molar-refractivity contribution in [3.8, 4) is 33.8 Å². The summed E-state index contributed by atoms with van der Waals surface area (Å²) in [7, 11) is 0. The van der Waals surface area contributed by atoms with Crippen LogP contribution in [0.15, 0.2) is 96.5 Å². The number of carbonyl (C=O) groups excluding carboxylic acids is 4. The zero-order valence-electron chi connectivity index (χ0n) is 32.3. The highest BCUT2D eigenvalue weighted by molar-refractivity contribution is 6.23. The van der Waals surface area contributed by atoms with Crippen molar-refractivity contribution in [1.82, 2.24) is 29.9 Å². The molecule has 1 unspecified atom stereocenters. The van der Waals surface area contributed by atoms with E-state index in [0.29, 0.717) is 19.0 Å². The lowest BCUT2D eigenvalue weighted by molar-refractivity contribution is -0.136. The van der Waals surface area contributed by atoms with E-state index in [4.69, 9.17) is 14.6 Å². The normalized spacial score (nSPS) is 18.7. The fourth-order valence-electron chi connectivity index (χ4n) is 8.28. The Morgan fingerprint density at radius 3 is 2.29 bits per heavy atom. The van der Waals surface area contributed by atoms with Crippen LogP contribution in [-0.4, -0.2) is 118 Å². The van der Waals surface area contributed by atoms with Crippen LogP contribution in [0.1, 0.15) is 51.1 Å². The second-order valence-electron chi connectivity index (χ2n) is 15.0. The van der Waals surface area contributed by atoms with Gasteiger partial charge < -0.3 is 19.6 Å². The molecule has 2 aromatic heterocycles. The maximum absolute atomic E-state index is 13.1. The number of piperidine rings is 1. The zero-order valence-corrected chi connectivity index (χ0v) is 32.3. The fraction of sp³-hybridized carbons (Fsp3) is 0.295. The number of pyridine rings is 1. The number of hydrogen-bond donors (Lipinski definition) is 2. The summed E-state index contributed by atoms with van der Waals surface area (Å²) in [5, 5.41) is 20.2. The summed E-state index contributed by atoms with van der Waals surface area (Å²) in [6.07, 6.45) is 7.38. The summed E-state index contributed by atoms with van der Waals surface area (Å²) in [5.41, 5.74) is 9.33. The summed E-state index contributed by atoms with van der Waals surface area (Å²) in [6, 6.07) is 22.4. The fourth-order valence-corrected chi connectivity index (χ4v) is 8.28. The molecule has 2 fully saturated rings. The van der Waals surface area contributed by atoms with Crippen LogP contribution in [0.5, 0.6) is 5.75 Å². The van der Waals surface area contributed by atoms with E-state index in [2.05, 4.69) is 67.9 Å². The second kappa shape index (κ2) is 16.3. The van der Waals surface area contributed by atoms with Crippen LogP contribution in [0, 0.1) is 0 Å². The lowest BCUT2D eigenvalue weighted by Crippen LogP contribution is -2.54. The molecule has 1 aliphatic carbocycles. The van der Waals surface area contributed by atoms with E-state index in [9.17, 15) is 24.4 Å². The molecule has 0 saturated carbocycles. The number of anilines is 1. The molecule has 15 heteroatoms. The van der Waals surface area contributed by atoms with E-state index in [1.54, 1.807) is 18.5 Å². The number of hydrogen-bond acceptors (Lipinski definition) is 12. The molecular formula is C44H42N8O7. The summed E-state index contributed by atoms with van der Waals surface area (Å²) >= 11 is 0. The molecule has 0 spiro atoms. The molecule has 2 N–H and O–H groups in total. The molecule has 3 aromatic carbocycles. The van der Waals surface area contributed by atoms with Gasteiger partial charge in [-0.25, -0.2) is 4.68 Å². The second-order valence-corrected chi connectivity index (χ2v) is 15.0. The molecule has 5 aromatic rings. The van der Waals surface area contributed by atoms with Crippen molar-refractivity contribution in [3.63, 3.8) is 0 Å². The Bertz CT molecular complexity index is 2460. The predicted molar refractivity (Wildman–Crippen MR) is 217 cm³/mol. The minimum Gasteiger partial charge on any atom is -0.491 e. The smallest absolute Gasteiger partial charge is 0.262 e. The topological polar surface area (TPSA) is 172 Å². The van der Waals surface area contributed by atoms with Crippen LogP contribution in [-0.2, 0) is 20.7 Å². The molecule has 2 saturated heterocycles. The SMILES string of the molecule is O=C1CCC(N2C(=O)c3ccc(OCCOCCN4CCN(c5ccc(-n6cc(-c7ccc8c(c7)CCC8=NO)c(-c7ccncc7)n6)cc5)CC4)cc3C2=O)C(=O)N1. The van der Waals surface area contributed by atoms with Gasteiger partial charge in [0.25, 0.3) is 11.8 Å². The van der Waals surface area contributed by atoms with Crippen molar-refractivity contribution >= 4 is 35.0 Å². The molecule has 3 aliphatic heterocycles. The van der Waals surface area contributed by atoms with Crippen LogP contribution in [0.2, 0.25) is 0 Å². The highest BCUT2D eigenvalue weighted by atomic mass is 16.5. The molecule has 1 atom stereocenters. The lowest BCUT2D eigenvalue weighted by Gasteiger charge is -2.36. The number of oxime groups is 1. The molecule has 5 heterocycles. The number of aryl methyl sites for hydroxylation is 1. The first-order valence-corrected chi connectivity index (χ1v) is 19.8. The first-order chi connectivity index (χ1) is 28.8.